The van der Waals surface area contributed by atoms with Gasteiger partial charge in [-0.15, -0.1) is 0 Å². The number of alkyl halides is 1. The Morgan fingerprint density at radius 1 is 1.05 bits per heavy atom. The average molecular weight is 449 g/mol. The fourth-order valence-electron chi connectivity index (χ4n) is 2.37. The van der Waals surface area contributed by atoms with Crippen LogP contribution >= 0.6 is 43.5 Å². The highest BCUT2D eigenvalue weighted by atomic mass is 79.9. The van der Waals surface area contributed by atoms with Crippen molar-refractivity contribution in [2.24, 2.45) is 0 Å². The Hall–Kier alpha value is -0.380. The van der Waals surface area contributed by atoms with E-state index in [1.165, 1.54) is 23.3 Å². The van der Waals surface area contributed by atoms with E-state index >= 15 is 0 Å². The van der Waals surface area contributed by atoms with Crippen molar-refractivity contribution in [3.8, 4) is 0 Å². The predicted octanol–water partition coefficient (Wildman–Crippen LogP) is 7.26. The minimum atomic E-state index is -0.279. The first-order valence-electron chi connectivity index (χ1n) is 7.33. The second-order valence-electron chi connectivity index (χ2n) is 5.41. The Balaban J connectivity index is 1.86. The van der Waals surface area contributed by atoms with Crippen LogP contribution in [0.4, 0.5) is 4.39 Å². The normalized spacial score (nSPS) is 12.4. The van der Waals surface area contributed by atoms with E-state index in [2.05, 4.69) is 57.0 Å². The van der Waals surface area contributed by atoms with Crippen LogP contribution in [0.1, 0.15) is 41.3 Å². The summed E-state index contributed by atoms with van der Waals surface area (Å²) in [6.45, 7) is 2.12. The highest BCUT2D eigenvalue weighted by molar-refractivity contribution is 9.10. The summed E-state index contributed by atoms with van der Waals surface area (Å²) in [5.74, 6) is -0.279. The van der Waals surface area contributed by atoms with Crippen molar-refractivity contribution in [2.45, 2.75) is 37.4 Å². The zero-order valence-electron chi connectivity index (χ0n) is 12.4. The fraction of sp³-hybridized carbons (Fsp3) is 0.333. The molecule has 0 aliphatic rings. The number of hydrogen-bond donors (Lipinski definition) is 0. The van der Waals surface area contributed by atoms with Crippen molar-refractivity contribution in [2.75, 3.05) is 0 Å². The highest BCUT2D eigenvalue weighted by Gasteiger charge is 2.06. The maximum Gasteiger partial charge on any atom is 0.124 e. The summed E-state index contributed by atoms with van der Waals surface area (Å²) >= 11 is 13.3. The Kier molecular flexibility index (Phi) is 6.91. The monoisotopic (exact) mass is 446 g/mol. The summed E-state index contributed by atoms with van der Waals surface area (Å²) in [5, 5.41) is 0.525. The molecule has 2 rings (SSSR count). The number of rotatable bonds is 6. The van der Waals surface area contributed by atoms with Crippen LogP contribution in [-0.2, 0) is 12.8 Å². The Labute approximate surface area is 153 Å². The van der Waals surface area contributed by atoms with E-state index in [0.717, 1.165) is 35.7 Å². The van der Waals surface area contributed by atoms with Gasteiger partial charge in [0.05, 0.1) is 0 Å². The van der Waals surface area contributed by atoms with Crippen LogP contribution in [-0.4, -0.2) is 0 Å². The topological polar surface area (TPSA) is 0 Å². The third-order valence-corrected chi connectivity index (χ3v) is 5.31. The van der Waals surface area contributed by atoms with E-state index in [1.54, 1.807) is 6.07 Å². The van der Waals surface area contributed by atoms with Gasteiger partial charge in [0.1, 0.15) is 5.82 Å². The van der Waals surface area contributed by atoms with Crippen molar-refractivity contribution in [1.29, 1.82) is 0 Å². The molecule has 0 aliphatic heterocycles. The molecule has 0 heterocycles. The quantitative estimate of drug-likeness (QED) is 0.322. The van der Waals surface area contributed by atoms with Crippen LogP contribution in [0.15, 0.2) is 40.9 Å². The van der Waals surface area contributed by atoms with E-state index in [1.807, 2.05) is 0 Å². The molecule has 0 aliphatic carbocycles. The summed E-state index contributed by atoms with van der Waals surface area (Å²) < 4.78 is 14.2. The maximum atomic E-state index is 13.0. The lowest BCUT2D eigenvalue weighted by atomic mass is 10.0. The first-order valence-corrected chi connectivity index (χ1v) is 9.42. The number of halogens is 4. The molecule has 0 N–H and O–H groups in total. The van der Waals surface area contributed by atoms with E-state index in [0.29, 0.717) is 9.85 Å². The third kappa shape index (κ3) is 5.07. The molecule has 22 heavy (non-hydrogen) atoms. The molecular formula is C18H18Br2ClF. The van der Waals surface area contributed by atoms with Gasteiger partial charge in [-0.3, -0.25) is 0 Å². The summed E-state index contributed by atoms with van der Waals surface area (Å²) in [6.07, 6.45) is 4.02. The molecule has 118 valence electrons. The minimum absolute atomic E-state index is 0.279. The average Bonchev–Trinajstić information content (AvgIpc) is 2.46. The van der Waals surface area contributed by atoms with Gasteiger partial charge in [-0.05, 0) is 67.5 Å². The summed E-state index contributed by atoms with van der Waals surface area (Å²) in [5.41, 5.74) is 3.61. The standard InChI is InChI=1S/C18H18Br2ClF/c1-12(19)15-7-6-13(17(20)10-15)4-2-3-5-14-8-9-16(22)11-18(14)21/h6-12H,2-5H2,1H3. The largest absolute Gasteiger partial charge is 0.207 e. The molecule has 0 saturated heterocycles. The fourth-order valence-corrected chi connectivity index (χ4v) is 3.51. The number of benzene rings is 2. The predicted molar refractivity (Wildman–Crippen MR) is 99.5 cm³/mol. The van der Waals surface area contributed by atoms with Crippen molar-refractivity contribution in [3.63, 3.8) is 0 Å². The van der Waals surface area contributed by atoms with Gasteiger partial charge in [0.15, 0.2) is 0 Å². The molecule has 0 nitrogen and oxygen atoms in total. The molecule has 0 saturated carbocycles. The smallest absolute Gasteiger partial charge is 0.124 e. The minimum Gasteiger partial charge on any atom is -0.207 e. The zero-order chi connectivity index (χ0) is 16.1. The van der Waals surface area contributed by atoms with Gasteiger partial charge in [0.2, 0.25) is 0 Å². The van der Waals surface area contributed by atoms with E-state index < -0.39 is 0 Å². The zero-order valence-corrected chi connectivity index (χ0v) is 16.3. The van der Waals surface area contributed by atoms with Gasteiger partial charge >= 0.3 is 0 Å². The molecule has 0 aromatic heterocycles. The van der Waals surface area contributed by atoms with Crippen molar-refractivity contribution in [1.82, 2.24) is 0 Å². The van der Waals surface area contributed by atoms with E-state index in [4.69, 9.17) is 11.6 Å². The number of unbranched alkanes of at least 4 members (excludes halogenated alkanes) is 1. The second-order valence-corrected chi connectivity index (χ2v) is 8.04. The van der Waals surface area contributed by atoms with Crippen LogP contribution in [0.2, 0.25) is 5.02 Å². The van der Waals surface area contributed by atoms with E-state index in [9.17, 15) is 4.39 Å². The van der Waals surface area contributed by atoms with Crippen LogP contribution in [0, 0.1) is 5.82 Å². The molecule has 0 spiro atoms. The lowest BCUT2D eigenvalue weighted by molar-refractivity contribution is 0.626. The van der Waals surface area contributed by atoms with Crippen molar-refractivity contribution in [3.05, 3.63) is 68.4 Å². The van der Waals surface area contributed by atoms with Gasteiger partial charge in [0.25, 0.3) is 0 Å². The Morgan fingerprint density at radius 2 is 1.68 bits per heavy atom. The second kappa shape index (κ2) is 8.47. The molecule has 4 heteroatoms. The molecule has 0 radical (unpaired) electrons. The molecule has 2 aromatic rings. The molecule has 1 atom stereocenters. The molecule has 1 unspecified atom stereocenters. The Bertz CT molecular complexity index is 641. The van der Waals surface area contributed by atoms with Crippen LogP contribution in [0.25, 0.3) is 0 Å². The molecular weight excluding hydrogens is 430 g/mol. The lowest BCUT2D eigenvalue weighted by Crippen LogP contribution is -1.93. The summed E-state index contributed by atoms with van der Waals surface area (Å²) in [4.78, 5) is 0.360. The van der Waals surface area contributed by atoms with Gasteiger partial charge in [-0.25, -0.2) is 4.39 Å². The number of hydrogen-bond acceptors (Lipinski definition) is 0. The van der Waals surface area contributed by atoms with Crippen LogP contribution in [0.3, 0.4) is 0 Å². The van der Waals surface area contributed by atoms with Crippen molar-refractivity contribution < 1.29 is 4.39 Å². The van der Waals surface area contributed by atoms with E-state index in [-0.39, 0.29) is 5.82 Å². The van der Waals surface area contributed by atoms with Crippen LogP contribution < -0.4 is 0 Å². The first-order chi connectivity index (χ1) is 10.5. The SMILES string of the molecule is CC(Br)c1ccc(CCCCc2ccc(F)cc2Cl)c(Br)c1. The van der Waals surface area contributed by atoms with Crippen LogP contribution in [0.5, 0.6) is 0 Å². The van der Waals surface area contributed by atoms with Gasteiger partial charge in [-0.2, -0.15) is 0 Å². The highest BCUT2D eigenvalue weighted by Crippen LogP contribution is 2.28. The van der Waals surface area contributed by atoms with Gasteiger partial charge in [-0.1, -0.05) is 61.7 Å². The van der Waals surface area contributed by atoms with Crippen molar-refractivity contribution >= 4 is 43.5 Å². The first kappa shape index (κ1) is 18.0. The molecule has 2 aromatic carbocycles. The lowest BCUT2D eigenvalue weighted by Gasteiger charge is -2.09. The Morgan fingerprint density at radius 3 is 2.27 bits per heavy atom. The number of aryl methyl sites for hydroxylation is 2. The third-order valence-electron chi connectivity index (χ3n) is 3.69. The van der Waals surface area contributed by atoms with Gasteiger partial charge < -0.3 is 0 Å². The molecule has 0 fully saturated rings. The molecule has 0 bridgehead atoms. The summed E-state index contributed by atoms with van der Waals surface area (Å²) in [7, 11) is 0. The molecule has 0 amide bonds. The van der Waals surface area contributed by atoms with Gasteiger partial charge in [0, 0.05) is 14.3 Å². The maximum absolute atomic E-state index is 13.0. The summed E-state index contributed by atoms with van der Waals surface area (Å²) in [6, 6.07) is 11.1.